The molecule has 1 N–H and O–H groups in total. The second kappa shape index (κ2) is 6.44. The van der Waals surface area contributed by atoms with Crippen molar-refractivity contribution in [3.05, 3.63) is 22.7 Å². The van der Waals surface area contributed by atoms with Crippen molar-refractivity contribution in [1.29, 1.82) is 0 Å². The summed E-state index contributed by atoms with van der Waals surface area (Å²) < 4.78 is 10.4. The molecule has 1 aromatic carbocycles. The molecule has 0 unspecified atom stereocenters. The molecule has 5 heteroatoms. The lowest BCUT2D eigenvalue weighted by molar-refractivity contribution is 0.0696. The molecular weight excluding hydrogens is 256 g/mol. The zero-order chi connectivity index (χ0) is 13.5. The number of halogens is 1. The summed E-state index contributed by atoms with van der Waals surface area (Å²) in [5.41, 5.74) is -0.0277. The highest BCUT2D eigenvalue weighted by atomic mass is 35.5. The number of terminal acetylenes is 2. The van der Waals surface area contributed by atoms with E-state index in [1.54, 1.807) is 0 Å². The summed E-state index contributed by atoms with van der Waals surface area (Å²) in [5, 5.41) is 8.99. The van der Waals surface area contributed by atoms with Gasteiger partial charge in [0.15, 0.2) is 11.5 Å². The fourth-order valence-electron chi connectivity index (χ4n) is 1.17. The first-order valence-corrected chi connectivity index (χ1v) is 5.17. The van der Waals surface area contributed by atoms with Crippen LogP contribution in [-0.2, 0) is 0 Å². The molecule has 0 radical (unpaired) electrons. The van der Waals surface area contributed by atoms with Crippen LogP contribution >= 0.6 is 11.6 Å². The molecule has 0 aliphatic heterocycles. The van der Waals surface area contributed by atoms with Crippen LogP contribution in [0.15, 0.2) is 12.1 Å². The largest absolute Gasteiger partial charge is 0.478 e. The quantitative estimate of drug-likeness (QED) is 0.827. The highest BCUT2D eigenvalue weighted by Crippen LogP contribution is 2.36. The molecule has 0 fully saturated rings. The Labute approximate surface area is 109 Å². The average Bonchev–Trinajstić information content (AvgIpc) is 2.34. The Bertz CT molecular complexity index is 537. The Morgan fingerprint density at radius 3 is 2.44 bits per heavy atom. The Balaban J connectivity index is 3.18. The Hall–Kier alpha value is -2.30. The number of benzene rings is 1. The van der Waals surface area contributed by atoms with Gasteiger partial charge in [-0.3, -0.25) is 0 Å². The van der Waals surface area contributed by atoms with Crippen molar-refractivity contribution in [2.75, 3.05) is 13.2 Å². The van der Waals surface area contributed by atoms with Crippen LogP contribution in [0.3, 0.4) is 0 Å². The third kappa shape index (κ3) is 3.35. The van der Waals surface area contributed by atoms with Gasteiger partial charge < -0.3 is 14.6 Å². The number of ether oxygens (including phenoxy) is 2. The van der Waals surface area contributed by atoms with Crippen molar-refractivity contribution < 1.29 is 19.4 Å². The lowest BCUT2D eigenvalue weighted by atomic mass is 10.2. The maximum atomic E-state index is 10.9. The van der Waals surface area contributed by atoms with E-state index in [-0.39, 0.29) is 35.3 Å². The molecule has 0 atom stereocenters. The van der Waals surface area contributed by atoms with Crippen LogP contribution in [0.4, 0.5) is 0 Å². The molecule has 0 spiro atoms. The van der Waals surface area contributed by atoms with E-state index >= 15 is 0 Å². The Kier molecular flexibility index (Phi) is 4.92. The monoisotopic (exact) mass is 264 g/mol. The van der Waals surface area contributed by atoms with Crippen molar-refractivity contribution in [2.45, 2.75) is 0 Å². The van der Waals surface area contributed by atoms with Crippen molar-refractivity contribution in [1.82, 2.24) is 0 Å². The first-order valence-electron chi connectivity index (χ1n) is 4.79. The van der Waals surface area contributed by atoms with Gasteiger partial charge >= 0.3 is 5.97 Å². The van der Waals surface area contributed by atoms with E-state index in [0.29, 0.717) is 0 Å². The van der Waals surface area contributed by atoms with Gasteiger partial charge in [-0.05, 0) is 12.1 Å². The molecule has 0 saturated heterocycles. The average molecular weight is 265 g/mol. The molecule has 1 aromatic rings. The molecule has 0 saturated carbocycles. The predicted molar refractivity (Wildman–Crippen MR) is 67.1 cm³/mol. The van der Waals surface area contributed by atoms with Crippen LogP contribution in [0.5, 0.6) is 11.5 Å². The number of carboxylic acid groups (broad SMARTS) is 1. The van der Waals surface area contributed by atoms with Gasteiger partial charge in [-0.2, -0.15) is 0 Å². The van der Waals surface area contributed by atoms with E-state index in [9.17, 15) is 4.79 Å². The van der Waals surface area contributed by atoms with Crippen LogP contribution in [-0.4, -0.2) is 24.3 Å². The minimum atomic E-state index is -1.13. The van der Waals surface area contributed by atoms with Gasteiger partial charge in [0.05, 0.1) is 10.6 Å². The minimum absolute atomic E-state index is 0.0153. The molecular formula is C13H9ClO4. The molecule has 0 aliphatic carbocycles. The maximum absolute atomic E-state index is 10.9. The molecule has 18 heavy (non-hydrogen) atoms. The zero-order valence-electron chi connectivity index (χ0n) is 9.27. The highest BCUT2D eigenvalue weighted by Gasteiger charge is 2.15. The first-order chi connectivity index (χ1) is 8.60. The topological polar surface area (TPSA) is 55.8 Å². The molecule has 0 bridgehead atoms. The van der Waals surface area contributed by atoms with E-state index in [1.165, 1.54) is 12.1 Å². The van der Waals surface area contributed by atoms with Gasteiger partial charge in [0.2, 0.25) is 0 Å². The van der Waals surface area contributed by atoms with Crippen molar-refractivity contribution in [3.8, 4) is 36.2 Å². The number of hydrogen-bond acceptors (Lipinski definition) is 3. The number of carbonyl (C=O) groups is 1. The fourth-order valence-corrected chi connectivity index (χ4v) is 1.44. The zero-order valence-corrected chi connectivity index (χ0v) is 10.0. The van der Waals surface area contributed by atoms with Crippen LogP contribution in [0.1, 0.15) is 10.4 Å². The van der Waals surface area contributed by atoms with Crippen LogP contribution in [0.2, 0.25) is 5.02 Å². The predicted octanol–water partition coefficient (Wildman–Crippen LogP) is 2.06. The summed E-state index contributed by atoms with van der Waals surface area (Å²) in [6, 6.07) is 2.52. The van der Waals surface area contributed by atoms with Gasteiger partial charge in [-0.1, -0.05) is 23.4 Å². The summed E-state index contributed by atoms with van der Waals surface area (Å²) in [5.74, 6) is 3.72. The molecule has 0 aromatic heterocycles. The van der Waals surface area contributed by atoms with E-state index in [0.717, 1.165) is 0 Å². The summed E-state index contributed by atoms with van der Waals surface area (Å²) in [6.45, 7) is -0.0512. The van der Waals surface area contributed by atoms with Crippen LogP contribution in [0.25, 0.3) is 0 Å². The lowest BCUT2D eigenvalue weighted by Crippen LogP contribution is -2.04. The van der Waals surface area contributed by atoms with E-state index < -0.39 is 5.97 Å². The van der Waals surface area contributed by atoms with E-state index in [1.807, 2.05) is 0 Å². The SMILES string of the molecule is C#CCOc1cc(C(=O)O)cc(Cl)c1OCC#C. The maximum Gasteiger partial charge on any atom is 0.335 e. The molecule has 4 nitrogen and oxygen atoms in total. The molecule has 1 rings (SSSR count). The molecule has 0 heterocycles. The highest BCUT2D eigenvalue weighted by molar-refractivity contribution is 6.32. The minimum Gasteiger partial charge on any atom is -0.478 e. The second-order valence-corrected chi connectivity index (χ2v) is 3.48. The van der Waals surface area contributed by atoms with E-state index in [2.05, 4.69) is 11.8 Å². The fraction of sp³-hybridized carbons (Fsp3) is 0.154. The summed E-state index contributed by atoms with van der Waals surface area (Å²) in [7, 11) is 0. The van der Waals surface area contributed by atoms with E-state index in [4.69, 9.17) is 39.0 Å². The summed E-state index contributed by atoms with van der Waals surface area (Å²) >= 11 is 5.90. The molecule has 0 aliphatic rings. The molecule has 92 valence electrons. The van der Waals surface area contributed by atoms with Crippen molar-refractivity contribution in [3.63, 3.8) is 0 Å². The van der Waals surface area contributed by atoms with Gasteiger partial charge in [0, 0.05) is 0 Å². The van der Waals surface area contributed by atoms with Gasteiger partial charge in [0.1, 0.15) is 13.2 Å². The number of rotatable bonds is 5. The van der Waals surface area contributed by atoms with Crippen molar-refractivity contribution in [2.24, 2.45) is 0 Å². The van der Waals surface area contributed by atoms with Gasteiger partial charge in [-0.25, -0.2) is 4.79 Å². The lowest BCUT2D eigenvalue weighted by Gasteiger charge is -2.12. The number of aromatic carboxylic acids is 1. The smallest absolute Gasteiger partial charge is 0.335 e. The van der Waals surface area contributed by atoms with Crippen molar-refractivity contribution >= 4 is 17.6 Å². The Morgan fingerprint density at radius 1 is 1.28 bits per heavy atom. The van der Waals surface area contributed by atoms with Gasteiger partial charge in [-0.15, -0.1) is 12.8 Å². The third-order valence-electron chi connectivity index (χ3n) is 1.87. The van der Waals surface area contributed by atoms with Crippen LogP contribution < -0.4 is 9.47 Å². The van der Waals surface area contributed by atoms with Crippen LogP contribution in [0, 0.1) is 24.7 Å². The van der Waals surface area contributed by atoms with Gasteiger partial charge in [0.25, 0.3) is 0 Å². The normalized spacial score (nSPS) is 9.06. The number of hydrogen-bond donors (Lipinski definition) is 1. The summed E-state index contributed by atoms with van der Waals surface area (Å²) in [6.07, 6.45) is 10.1. The third-order valence-corrected chi connectivity index (χ3v) is 2.15. The summed E-state index contributed by atoms with van der Waals surface area (Å²) in [4.78, 5) is 10.9. The first kappa shape index (κ1) is 13.8. The Morgan fingerprint density at radius 2 is 1.89 bits per heavy atom. The molecule has 0 amide bonds. The number of carboxylic acids is 1. The standard InChI is InChI=1S/C13H9ClO4/c1-3-5-17-11-8-9(13(15)16)7-10(14)12(11)18-6-4-2/h1-2,7-8H,5-6H2,(H,15,16). The second-order valence-electron chi connectivity index (χ2n) is 3.08.